The highest BCUT2D eigenvalue weighted by Crippen LogP contribution is 2.30. The van der Waals surface area contributed by atoms with E-state index in [1.54, 1.807) is 0 Å². The van der Waals surface area contributed by atoms with Crippen molar-refractivity contribution in [2.75, 3.05) is 43.4 Å². The minimum Gasteiger partial charge on any atom is -0.384 e. The van der Waals surface area contributed by atoms with Crippen molar-refractivity contribution in [2.24, 2.45) is 0 Å². The highest BCUT2D eigenvalue weighted by molar-refractivity contribution is 6.31. The van der Waals surface area contributed by atoms with Gasteiger partial charge in [0.05, 0.1) is 5.52 Å². The van der Waals surface area contributed by atoms with Gasteiger partial charge in [-0.1, -0.05) is 36.4 Å². The summed E-state index contributed by atoms with van der Waals surface area (Å²) in [5.74, 6) is 0. The summed E-state index contributed by atoms with van der Waals surface area (Å²) in [7, 11) is 2.22. The Labute approximate surface area is 196 Å². The smallest absolute Gasteiger partial charge is 0.0737 e. The van der Waals surface area contributed by atoms with Crippen LogP contribution in [0.4, 0.5) is 11.4 Å². The molecule has 1 aliphatic heterocycles. The molecule has 0 atom stereocenters. The number of rotatable bonds is 9. The molecule has 0 saturated heterocycles. The summed E-state index contributed by atoms with van der Waals surface area (Å²) in [6.45, 7) is 8.44. The van der Waals surface area contributed by atoms with Crippen LogP contribution in [0.25, 0.3) is 10.9 Å². The molecule has 0 amide bonds. The molecule has 3 aromatic rings. The summed E-state index contributed by atoms with van der Waals surface area (Å²) < 4.78 is 0. The molecule has 4 rings (SSSR count). The van der Waals surface area contributed by atoms with E-state index in [4.69, 9.17) is 11.6 Å². The van der Waals surface area contributed by atoms with E-state index in [0.29, 0.717) is 0 Å². The van der Waals surface area contributed by atoms with Crippen LogP contribution in [-0.4, -0.2) is 43.1 Å². The topological polar surface area (TPSA) is 31.4 Å². The van der Waals surface area contributed by atoms with Crippen molar-refractivity contribution < 1.29 is 0 Å². The number of hydrogen-bond acceptors (Lipinski definition) is 4. The second kappa shape index (κ2) is 10.8. The Kier molecular flexibility index (Phi) is 7.67. The molecule has 2 aromatic carbocycles. The Morgan fingerprint density at radius 3 is 2.88 bits per heavy atom. The van der Waals surface area contributed by atoms with Crippen molar-refractivity contribution in [1.82, 2.24) is 9.88 Å². The predicted molar refractivity (Wildman–Crippen MR) is 138 cm³/mol. The average Bonchev–Trinajstić information content (AvgIpc) is 2.95. The first kappa shape index (κ1) is 22.6. The molecule has 32 heavy (non-hydrogen) atoms. The second-order valence-corrected chi connectivity index (χ2v) is 9.09. The van der Waals surface area contributed by atoms with Crippen LogP contribution in [0.2, 0.25) is 5.02 Å². The number of benzene rings is 2. The van der Waals surface area contributed by atoms with Gasteiger partial charge in [0, 0.05) is 53.3 Å². The van der Waals surface area contributed by atoms with Crippen molar-refractivity contribution in [3.63, 3.8) is 0 Å². The van der Waals surface area contributed by atoms with Crippen molar-refractivity contribution in [2.45, 2.75) is 32.1 Å². The molecule has 168 valence electrons. The monoisotopic (exact) mass is 448 g/mol. The highest BCUT2D eigenvalue weighted by atomic mass is 35.5. The standard InChI is InChI=1S/C27H33ClN4/c1-21-8-7-10-22-9-3-4-11-27(22)32(21)19-18-31(2)17-6-5-15-29-25-14-16-30-26-20-23(28)12-13-24(25)26/h3-4,9,11-14,16,20H,1,5-8,10,15,17-19H2,2H3,(H,29,30). The summed E-state index contributed by atoms with van der Waals surface area (Å²) in [6.07, 6.45) is 7.55. The number of fused-ring (bicyclic) bond motifs is 2. The molecule has 0 spiro atoms. The Balaban J connectivity index is 1.22. The van der Waals surface area contributed by atoms with Crippen LogP contribution in [0.15, 0.2) is 67.0 Å². The third-order valence-electron chi connectivity index (χ3n) is 6.27. The van der Waals surface area contributed by atoms with E-state index < -0.39 is 0 Å². The molecule has 1 N–H and O–H groups in total. The first-order chi connectivity index (χ1) is 15.6. The van der Waals surface area contributed by atoms with Gasteiger partial charge in [0.1, 0.15) is 0 Å². The highest BCUT2D eigenvalue weighted by Gasteiger charge is 2.18. The Bertz CT molecular complexity index is 1060. The molecule has 0 bridgehead atoms. The Morgan fingerprint density at radius 2 is 1.97 bits per heavy atom. The van der Waals surface area contributed by atoms with Crippen LogP contribution in [0.3, 0.4) is 0 Å². The number of hydrogen-bond donors (Lipinski definition) is 1. The largest absolute Gasteiger partial charge is 0.384 e. The number of likely N-dealkylation sites (N-methyl/N-ethyl adjacent to an activating group) is 1. The molecule has 0 fully saturated rings. The molecule has 0 aliphatic carbocycles. The maximum atomic E-state index is 6.09. The molecular weight excluding hydrogens is 416 g/mol. The number of aryl methyl sites for hydroxylation is 1. The maximum absolute atomic E-state index is 6.09. The van der Waals surface area contributed by atoms with E-state index in [-0.39, 0.29) is 0 Å². The fraction of sp³-hybridized carbons (Fsp3) is 0.370. The van der Waals surface area contributed by atoms with Gasteiger partial charge in [-0.25, -0.2) is 0 Å². The normalized spacial score (nSPS) is 14.0. The fourth-order valence-corrected chi connectivity index (χ4v) is 4.61. The van der Waals surface area contributed by atoms with E-state index in [0.717, 1.165) is 73.5 Å². The van der Waals surface area contributed by atoms with Crippen LogP contribution in [0.5, 0.6) is 0 Å². The number of halogens is 1. The lowest BCUT2D eigenvalue weighted by atomic mass is 10.1. The molecule has 0 unspecified atom stereocenters. The number of nitrogens with one attached hydrogen (secondary N) is 1. The van der Waals surface area contributed by atoms with Gasteiger partial charge < -0.3 is 15.1 Å². The molecular formula is C27H33ClN4. The average molecular weight is 449 g/mol. The van der Waals surface area contributed by atoms with Gasteiger partial charge in [-0.15, -0.1) is 0 Å². The minimum absolute atomic E-state index is 0.720. The zero-order chi connectivity index (χ0) is 22.3. The second-order valence-electron chi connectivity index (χ2n) is 8.66. The molecule has 0 saturated carbocycles. The number of para-hydroxylation sites is 1. The summed E-state index contributed by atoms with van der Waals surface area (Å²) >= 11 is 6.09. The number of nitrogens with zero attached hydrogens (tertiary/aromatic N) is 3. The number of aromatic nitrogens is 1. The Morgan fingerprint density at radius 1 is 1.09 bits per heavy atom. The number of allylic oxidation sites excluding steroid dienone is 1. The van der Waals surface area contributed by atoms with E-state index in [1.807, 2.05) is 30.5 Å². The van der Waals surface area contributed by atoms with Crippen LogP contribution >= 0.6 is 11.6 Å². The van der Waals surface area contributed by atoms with Crippen LogP contribution in [0.1, 0.15) is 31.2 Å². The van der Waals surface area contributed by atoms with Gasteiger partial charge >= 0.3 is 0 Å². The van der Waals surface area contributed by atoms with Gasteiger partial charge in [-0.3, -0.25) is 4.98 Å². The molecule has 4 nitrogen and oxygen atoms in total. The van der Waals surface area contributed by atoms with Crippen molar-refractivity contribution in [1.29, 1.82) is 0 Å². The van der Waals surface area contributed by atoms with Gasteiger partial charge in [-0.05, 0) is 81.6 Å². The van der Waals surface area contributed by atoms with Crippen LogP contribution in [0, 0.1) is 0 Å². The first-order valence-corrected chi connectivity index (χ1v) is 12.0. The zero-order valence-electron chi connectivity index (χ0n) is 19.0. The SMILES string of the molecule is C=C1CCCc2ccccc2N1CCN(C)CCCCNc1ccnc2cc(Cl)ccc12. The number of pyridine rings is 1. The van der Waals surface area contributed by atoms with E-state index >= 15 is 0 Å². The molecule has 5 heteroatoms. The Hall–Kier alpha value is -2.56. The number of unbranched alkanes of at least 4 members (excludes halogenated alkanes) is 1. The molecule has 1 aromatic heterocycles. The lowest BCUT2D eigenvalue weighted by molar-refractivity contribution is 0.334. The van der Waals surface area contributed by atoms with Crippen molar-refractivity contribution in [3.8, 4) is 0 Å². The van der Waals surface area contributed by atoms with Gasteiger partial charge in [-0.2, -0.15) is 0 Å². The van der Waals surface area contributed by atoms with Crippen molar-refractivity contribution in [3.05, 3.63) is 77.6 Å². The van der Waals surface area contributed by atoms with E-state index in [2.05, 4.69) is 58.0 Å². The quantitative estimate of drug-likeness (QED) is 0.385. The first-order valence-electron chi connectivity index (χ1n) is 11.6. The predicted octanol–water partition coefficient (Wildman–Crippen LogP) is 6.37. The minimum atomic E-state index is 0.720. The third kappa shape index (κ3) is 5.62. The number of anilines is 2. The van der Waals surface area contributed by atoms with E-state index in [1.165, 1.54) is 23.4 Å². The van der Waals surface area contributed by atoms with Gasteiger partial charge in [0.2, 0.25) is 0 Å². The lowest BCUT2D eigenvalue weighted by Gasteiger charge is -2.29. The summed E-state index contributed by atoms with van der Waals surface area (Å²) in [6, 6.07) is 16.7. The molecule has 1 aliphatic rings. The van der Waals surface area contributed by atoms with Gasteiger partial charge in [0.15, 0.2) is 0 Å². The summed E-state index contributed by atoms with van der Waals surface area (Å²) in [4.78, 5) is 9.28. The zero-order valence-corrected chi connectivity index (χ0v) is 19.7. The lowest BCUT2D eigenvalue weighted by Crippen LogP contribution is -2.33. The fourth-order valence-electron chi connectivity index (χ4n) is 4.44. The molecule has 0 radical (unpaired) electrons. The summed E-state index contributed by atoms with van der Waals surface area (Å²) in [5, 5.41) is 5.40. The van der Waals surface area contributed by atoms with Crippen LogP contribution in [-0.2, 0) is 6.42 Å². The van der Waals surface area contributed by atoms with Crippen LogP contribution < -0.4 is 10.2 Å². The molecule has 2 heterocycles. The van der Waals surface area contributed by atoms with Crippen molar-refractivity contribution >= 4 is 33.9 Å². The summed E-state index contributed by atoms with van der Waals surface area (Å²) in [5.41, 5.74) is 6.10. The maximum Gasteiger partial charge on any atom is 0.0737 e. The van der Waals surface area contributed by atoms with Gasteiger partial charge in [0.25, 0.3) is 0 Å². The van der Waals surface area contributed by atoms with E-state index in [9.17, 15) is 0 Å². The third-order valence-corrected chi connectivity index (χ3v) is 6.50.